The van der Waals surface area contributed by atoms with Crippen molar-refractivity contribution in [3.8, 4) is 0 Å². The molecule has 9 nitrogen and oxygen atoms in total. The molecule has 17 heavy (non-hydrogen) atoms. The molecule has 1 rings (SSSR count). The number of rotatable bonds is 6. The number of hydrogen-bond acceptors (Lipinski definition) is 5. The van der Waals surface area contributed by atoms with Crippen molar-refractivity contribution in [2.45, 2.75) is 18.8 Å². The number of aromatic amines is 1. The van der Waals surface area contributed by atoms with Gasteiger partial charge in [-0.2, -0.15) is 5.10 Å². The van der Waals surface area contributed by atoms with E-state index < -0.39 is 41.3 Å². The zero-order valence-corrected chi connectivity index (χ0v) is 8.49. The smallest absolute Gasteiger partial charge is 0.310 e. The summed E-state index contributed by atoms with van der Waals surface area (Å²) in [5.74, 6) is -3.48. The fourth-order valence-electron chi connectivity index (χ4n) is 1.43. The molecule has 0 fully saturated rings. The Bertz CT molecular complexity index is 438. The van der Waals surface area contributed by atoms with Gasteiger partial charge in [-0.1, -0.05) is 0 Å². The second-order valence-corrected chi connectivity index (χ2v) is 3.32. The van der Waals surface area contributed by atoms with Crippen LogP contribution in [0.2, 0.25) is 0 Å². The number of H-pyrrole nitrogens is 1. The standard InChI is InChI=1S/C8H9N3O6/c12-6(13)1-4(2-7(14)15)8-5(11(16)17)3-9-10-8/h3-4H,1-2H2,(H,9,10)(H,12,13)(H,14,15). The van der Waals surface area contributed by atoms with E-state index in [2.05, 4.69) is 10.2 Å². The van der Waals surface area contributed by atoms with Gasteiger partial charge in [-0.3, -0.25) is 24.8 Å². The van der Waals surface area contributed by atoms with Crippen molar-refractivity contribution in [3.05, 3.63) is 22.0 Å². The molecular formula is C8H9N3O6. The Hall–Kier alpha value is -2.45. The third kappa shape index (κ3) is 3.26. The summed E-state index contributed by atoms with van der Waals surface area (Å²) in [5.41, 5.74) is -0.489. The summed E-state index contributed by atoms with van der Waals surface area (Å²) in [4.78, 5) is 31.0. The van der Waals surface area contributed by atoms with Crippen LogP contribution in [0.15, 0.2) is 6.20 Å². The van der Waals surface area contributed by atoms with E-state index in [1.54, 1.807) is 0 Å². The number of nitrogens with zero attached hydrogens (tertiary/aromatic N) is 2. The van der Waals surface area contributed by atoms with Gasteiger partial charge in [0.25, 0.3) is 0 Å². The van der Waals surface area contributed by atoms with Crippen molar-refractivity contribution in [1.82, 2.24) is 10.2 Å². The minimum absolute atomic E-state index is 0.0835. The Morgan fingerprint density at radius 3 is 2.35 bits per heavy atom. The lowest BCUT2D eigenvalue weighted by Crippen LogP contribution is -2.12. The van der Waals surface area contributed by atoms with E-state index in [-0.39, 0.29) is 5.69 Å². The molecule has 0 atom stereocenters. The van der Waals surface area contributed by atoms with Crippen LogP contribution in [0.25, 0.3) is 0 Å². The summed E-state index contributed by atoms with van der Waals surface area (Å²) < 4.78 is 0. The Balaban J connectivity index is 3.03. The van der Waals surface area contributed by atoms with Crippen molar-refractivity contribution in [2.75, 3.05) is 0 Å². The monoisotopic (exact) mass is 243 g/mol. The predicted molar refractivity (Wildman–Crippen MR) is 52.5 cm³/mol. The normalized spacial score (nSPS) is 10.4. The Morgan fingerprint density at radius 2 is 1.94 bits per heavy atom. The number of nitrogens with one attached hydrogen (secondary N) is 1. The summed E-state index contributed by atoms with van der Waals surface area (Å²) in [6, 6.07) is 0. The molecule has 0 bridgehead atoms. The summed E-state index contributed by atoms with van der Waals surface area (Å²) in [6.07, 6.45) is -0.114. The van der Waals surface area contributed by atoms with Gasteiger partial charge in [-0.15, -0.1) is 0 Å². The summed E-state index contributed by atoms with van der Waals surface area (Å²) in [5, 5.41) is 33.6. The van der Waals surface area contributed by atoms with E-state index >= 15 is 0 Å². The Labute approximate surface area is 94.2 Å². The molecule has 92 valence electrons. The highest BCUT2D eigenvalue weighted by molar-refractivity contribution is 5.72. The molecule has 0 aliphatic carbocycles. The maximum atomic E-state index is 10.6. The van der Waals surface area contributed by atoms with E-state index in [0.717, 1.165) is 6.20 Å². The second kappa shape index (κ2) is 5.05. The van der Waals surface area contributed by atoms with Gasteiger partial charge in [0, 0.05) is 5.92 Å². The molecule has 3 N–H and O–H groups in total. The lowest BCUT2D eigenvalue weighted by Gasteiger charge is -2.09. The van der Waals surface area contributed by atoms with Gasteiger partial charge in [-0.25, -0.2) is 0 Å². The van der Waals surface area contributed by atoms with Gasteiger partial charge in [0.15, 0.2) is 0 Å². The lowest BCUT2D eigenvalue weighted by atomic mass is 9.97. The van der Waals surface area contributed by atoms with E-state index in [9.17, 15) is 19.7 Å². The van der Waals surface area contributed by atoms with Gasteiger partial charge < -0.3 is 10.2 Å². The molecule has 0 saturated heterocycles. The number of aromatic nitrogens is 2. The maximum absolute atomic E-state index is 10.6. The number of hydrogen-bond donors (Lipinski definition) is 3. The average molecular weight is 243 g/mol. The first kappa shape index (κ1) is 12.6. The van der Waals surface area contributed by atoms with Crippen molar-refractivity contribution in [2.24, 2.45) is 0 Å². The highest BCUT2D eigenvalue weighted by Crippen LogP contribution is 2.29. The molecule has 9 heteroatoms. The van der Waals surface area contributed by atoms with Gasteiger partial charge in [-0.05, 0) is 0 Å². The number of carboxylic acids is 2. The van der Waals surface area contributed by atoms with Crippen molar-refractivity contribution in [1.29, 1.82) is 0 Å². The van der Waals surface area contributed by atoms with Crippen LogP contribution in [-0.4, -0.2) is 37.3 Å². The minimum Gasteiger partial charge on any atom is -0.481 e. The molecule has 0 aliphatic rings. The number of nitro groups is 1. The molecule has 1 aromatic rings. The first-order valence-electron chi connectivity index (χ1n) is 4.53. The third-order valence-electron chi connectivity index (χ3n) is 2.09. The fourth-order valence-corrected chi connectivity index (χ4v) is 1.43. The quantitative estimate of drug-likeness (QED) is 0.482. The first-order valence-corrected chi connectivity index (χ1v) is 4.53. The molecule has 1 heterocycles. The first-order chi connectivity index (χ1) is 7.91. The summed E-state index contributed by atoms with van der Waals surface area (Å²) >= 11 is 0. The molecule has 1 aromatic heterocycles. The van der Waals surface area contributed by atoms with Crippen LogP contribution in [-0.2, 0) is 9.59 Å². The maximum Gasteiger partial charge on any atom is 0.310 e. The fraction of sp³-hybridized carbons (Fsp3) is 0.375. The molecule has 0 spiro atoms. The number of carboxylic acid groups (broad SMARTS) is 2. The zero-order valence-electron chi connectivity index (χ0n) is 8.49. The van der Waals surface area contributed by atoms with E-state index in [4.69, 9.17) is 10.2 Å². The highest BCUT2D eigenvalue weighted by Gasteiger charge is 2.28. The topological polar surface area (TPSA) is 146 Å². The van der Waals surface area contributed by atoms with Crippen LogP contribution < -0.4 is 0 Å². The highest BCUT2D eigenvalue weighted by atomic mass is 16.6. The second-order valence-electron chi connectivity index (χ2n) is 3.32. The largest absolute Gasteiger partial charge is 0.481 e. The van der Waals surface area contributed by atoms with Crippen LogP contribution >= 0.6 is 0 Å². The van der Waals surface area contributed by atoms with Crippen molar-refractivity contribution < 1.29 is 24.7 Å². The third-order valence-corrected chi connectivity index (χ3v) is 2.09. The van der Waals surface area contributed by atoms with E-state index in [1.165, 1.54) is 0 Å². The molecule has 0 unspecified atom stereocenters. The van der Waals surface area contributed by atoms with Crippen molar-refractivity contribution >= 4 is 17.6 Å². The minimum atomic E-state index is -1.24. The summed E-state index contributed by atoms with van der Waals surface area (Å²) in [6.45, 7) is 0. The van der Waals surface area contributed by atoms with Crippen LogP contribution in [0.1, 0.15) is 24.5 Å². The number of carbonyl (C=O) groups is 2. The SMILES string of the molecule is O=C(O)CC(CC(=O)O)c1[nH]ncc1[N+](=O)[O-]. The molecule has 0 amide bonds. The molecule has 0 saturated carbocycles. The van der Waals surface area contributed by atoms with Gasteiger partial charge in [0.2, 0.25) is 0 Å². The van der Waals surface area contributed by atoms with Crippen LogP contribution in [0, 0.1) is 10.1 Å². The van der Waals surface area contributed by atoms with Gasteiger partial charge in [0.05, 0.1) is 17.8 Å². The van der Waals surface area contributed by atoms with Gasteiger partial charge >= 0.3 is 17.6 Å². The lowest BCUT2D eigenvalue weighted by molar-refractivity contribution is -0.385. The number of aliphatic carboxylic acids is 2. The molecule has 0 aromatic carbocycles. The van der Waals surface area contributed by atoms with E-state index in [0.29, 0.717) is 0 Å². The predicted octanol–water partition coefficient (Wildman–Crippen LogP) is 0.351. The van der Waals surface area contributed by atoms with Crippen LogP contribution in [0.4, 0.5) is 5.69 Å². The van der Waals surface area contributed by atoms with Crippen LogP contribution in [0.3, 0.4) is 0 Å². The molecular weight excluding hydrogens is 234 g/mol. The molecule has 0 radical (unpaired) electrons. The Kier molecular flexibility index (Phi) is 3.75. The van der Waals surface area contributed by atoms with Crippen LogP contribution in [0.5, 0.6) is 0 Å². The van der Waals surface area contributed by atoms with Gasteiger partial charge in [0.1, 0.15) is 11.9 Å². The van der Waals surface area contributed by atoms with E-state index in [1.807, 2.05) is 0 Å². The summed E-state index contributed by atoms with van der Waals surface area (Å²) in [7, 11) is 0. The molecule has 0 aliphatic heterocycles. The Morgan fingerprint density at radius 1 is 1.41 bits per heavy atom. The average Bonchev–Trinajstić information content (AvgIpc) is 2.62. The zero-order chi connectivity index (χ0) is 13.0. The van der Waals surface area contributed by atoms with Crippen molar-refractivity contribution in [3.63, 3.8) is 0 Å².